The summed E-state index contributed by atoms with van der Waals surface area (Å²) in [6, 6.07) is 1.79. The van der Waals surface area contributed by atoms with Gasteiger partial charge in [0, 0.05) is 25.8 Å². The Morgan fingerprint density at radius 1 is 1.37 bits per heavy atom. The zero-order valence-corrected chi connectivity index (χ0v) is 12.6. The molecule has 0 saturated heterocycles. The molecule has 0 radical (unpaired) electrons. The number of nitrogen functional groups attached to an aromatic ring is 1. The molecule has 7 heteroatoms. The molecule has 19 heavy (non-hydrogen) atoms. The lowest BCUT2D eigenvalue weighted by Gasteiger charge is -2.09. The van der Waals surface area contributed by atoms with Crippen LogP contribution in [0.2, 0.25) is 0 Å². The van der Waals surface area contributed by atoms with Crippen molar-refractivity contribution in [2.45, 2.75) is 25.4 Å². The van der Waals surface area contributed by atoms with Crippen LogP contribution in [0.5, 0.6) is 0 Å². The van der Waals surface area contributed by atoms with E-state index in [1.807, 2.05) is 6.26 Å². The minimum atomic E-state index is 0.581. The van der Waals surface area contributed by atoms with Crippen LogP contribution in [0.15, 0.2) is 11.2 Å². The Morgan fingerprint density at radius 2 is 2.11 bits per heavy atom. The van der Waals surface area contributed by atoms with Gasteiger partial charge in [-0.3, -0.25) is 0 Å². The number of hydrogen-bond donors (Lipinski definition) is 3. The fourth-order valence-corrected chi connectivity index (χ4v) is 1.77. The molecule has 0 aromatic carbocycles. The normalized spacial score (nSPS) is 10.8. The Balaban J connectivity index is 2.32. The second-order valence-corrected chi connectivity index (χ2v) is 5.29. The molecular weight excluding hydrogens is 262 g/mol. The van der Waals surface area contributed by atoms with Crippen molar-refractivity contribution in [2.24, 2.45) is 11.8 Å². The van der Waals surface area contributed by atoms with Crippen LogP contribution in [-0.2, 0) is 4.74 Å². The van der Waals surface area contributed by atoms with Crippen molar-refractivity contribution in [3.8, 4) is 0 Å². The van der Waals surface area contributed by atoms with Gasteiger partial charge in [-0.25, -0.2) is 15.8 Å². The van der Waals surface area contributed by atoms with Gasteiger partial charge >= 0.3 is 0 Å². The van der Waals surface area contributed by atoms with E-state index in [0.717, 1.165) is 32.0 Å². The van der Waals surface area contributed by atoms with Crippen LogP contribution >= 0.6 is 11.8 Å². The lowest BCUT2D eigenvalue weighted by atomic mass is 10.2. The Hall–Kier alpha value is -1.05. The summed E-state index contributed by atoms with van der Waals surface area (Å²) in [5.41, 5.74) is 2.54. The Kier molecular flexibility index (Phi) is 7.54. The first-order valence-corrected chi connectivity index (χ1v) is 7.59. The Bertz CT molecular complexity index is 353. The first-order valence-electron chi connectivity index (χ1n) is 6.37. The van der Waals surface area contributed by atoms with Crippen LogP contribution < -0.4 is 16.6 Å². The monoisotopic (exact) mass is 285 g/mol. The SMILES string of the molecule is CSc1nc(NN)cc(NCCCOCC(C)C)n1. The molecule has 0 bridgehead atoms. The summed E-state index contributed by atoms with van der Waals surface area (Å²) >= 11 is 1.48. The largest absolute Gasteiger partial charge is 0.381 e. The summed E-state index contributed by atoms with van der Waals surface area (Å²) in [5, 5.41) is 3.93. The Labute approximate surface area is 118 Å². The molecule has 1 aromatic heterocycles. The predicted molar refractivity (Wildman–Crippen MR) is 80.4 cm³/mol. The molecule has 4 N–H and O–H groups in total. The van der Waals surface area contributed by atoms with Gasteiger partial charge in [-0.1, -0.05) is 25.6 Å². The smallest absolute Gasteiger partial charge is 0.191 e. The van der Waals surface area contributed by atoms with Crippen molar-refractivity contribution in [2.75, 3.05) is 36.8 Å². The van der Waals surface area contributed by atoms with E-state index in [9.17, 15) is 0 Å². The molecule has 6 nitrogen and oxygen atoms in total. The first-order chi connectivity index (χ1) is 9.15. The second kappa shape index (κ2) is 8.95. The van der Waals surface area contributed by atoms with E-state index >= 15 is 0 Å². The van der Waals surface area contributed by atoms with Crippen molar-refractivity contribution in [3.05, 3.63) is 6.07 Å². The number of ether oxygens (including phenoxy) is 1. The highest BCUT2D eigenvalue weighted by atomic mass is 32.2. The standard InChI is InChI=1S/C12H23N5OS/c1-9(2)8-18-6-4-5-14-10-7-11(17-13)16-12(15-10)19-3/h7,9H,4-6,8,13H2,1-3H3,(H2,14,15,16,17). The molecule has 108 valence electrons. The second-order valence-electron chi connectivity index (χ2n) is 4.52. The van der Waals surface area contributed by atoms with Gasteiger partial charge in [-0.2, -0.15) is 0 Å². The maximum atomic E-state index is 5.51. The number of nitrogens with zero attached hydrogens (tertiary/aromatic N) is 2. The number of aromatic nitrogens is 2. The minimum Gasteiger partial charge on any atom is -0.381 e. The molecular formula is C12H23N5OS. The summed E-state index contributed by atoms with van der Waals surface area (Å²) < 4.78 is 5.51. The van der Waals surface area contributed by atoms with Gasteiger partial charge in [-0.15, -0.1) is 0 Å². The molecule has 0 fully saturated rings. The average molecular weight is 285 g/mol. The van der Waals surface area contributed by atoms with Gasteiger partial charge in [-0.05, 0) is 18.6 Å². The number of anilines is 2. The maximum absolute atomic E-state index is 5.51. The van der Waals surface area contributed by atoms with Crippen molar-refractivity contribution in [1.82, 2.24) is 9.97 Å². The van der Waals surface area contributed by atoms with Gasteiger partial charge in [0.1, 0.15) is 11.6 Å². The third-order valence-corrected chi connectivity index (χ3v) is 2.81. The van der Waals surface area contributed by atoms with Crippen molar-refractivity contribution >= 4 is 23.4 Å². The van der Waals surface area contributed by atoms with E-state index in [2.05, 4.69) is 34.6 Å². The van der Waals surface area contributed by atoms with E-state index in [1.165, 1.54) is 11.8 Å². The topological polar surface area (TPSA) is 85.1 Å². The molecule has 0 aliphatic heterocycles. The van der Waals surface area contributed by atoms with Crippen LogP contribution in [0.1, 0.15) is 20.3 Å². The quantitative estimate of drug-likeness (QED) is 0.210. The van der Waals surface area contributed by atoms with Crippen LogP contribution in [-0.4, -0.2) is 36.0 Å². The van der Waals surface area contributed by atoms with Crippen LogP contribution in [0.3, 0.4) is 0 Å². The van der Waals surface area contributed by atoms with Gasteiger partial charge in [0.2, 0.25) is 0 Å². The summed E-state index contributed by atoms with van der Waals surface area (Å²) in [7, 11) is 0. The van der Waals surface area contributed by atoms with E-state index < -0.39 is 0 Å². The van der Waals surface area contributed by atoms with Gasteiger partial charge in [0.15, 0.2) is 5.16 Å². The van der Waals surface area contributed by atoms with Crippen molar-refractivity contribution in [1.29, 1.82) is 0 Å². The third-order valence-electron chi connectivity index (χ3n) is 2.26. The number of nitrogens with two attached hydrogens (primary N) is 1. The lowest BCUT2D eigenvalue weighted by molar-refractivity contribution is 0.110. The zero-order valence-electron chi connectivity index (χ0n) is 11.8. The lowest BCUT2D eigenvalue weighted by Crippen LogP contribution is -2.12. The minimum absolute atomic E-state index is 0.581. The first kappa shape index (κ1) is 16.0. The number of hydrazine groups is 1. The highest BCUT2D eigenvalue weighted by Crippen LogP contribution is 2.16. The van der Waals surface area contributed by atoms with E-state index in [4.69, 9.17) is 10.6 Å². The number of nitrogens with one attached hydrogen (secondary N) is 2. The van der Waals surface area contributed by atoms with E-state index in [0.29, 0.717) is 16.9 Å². The number of thioether (sulfide) groups is 1. The van der Waals surface area contributed by atoms with Crippen LogP contribution in [0, 0.1) is 5.92 Å². The predicted octanol–water partition coefficient (Wildman–Crippen LogP) is 1.96. The van der Waals surface area contributed by atoms with E-state index in [-0.39, 0.29) is 0 Å². The molecule has 0 amide bonds. The summed E-state index contributed by atoms with van der Waals surface area (Å²) in [5.74, 6) is 7.33. The summed E-state index contributed by atoms with van der Waals surface area (Å²) in [6.45, 7) is 6.67. The van der Waals surface area contributed by atoms with Gasteiger partial charge in [0.25, 0.3) is 0 Å². The molecule has 1 rings (SSSR count). The molecule has 0 spiro atoms. The zero-order chi connectivity index (χ0) is 14.1. The van der Waals surface area contributed by atoms with Crippen molar-refractivity contribution in [3.63, 3.8) is 0 Å². The summed E-state index contributed by atoms with van der Waals surface area (Å²) in [4.78, 5) is 8.55. The van der Waals surface area contributed by atoms with Gasteiger partial charge in [0.05, 0.1) is 0 Å². The molecule has 1 heterocycles. The number of rotatable bonds is 9. The molecule has 0 saturated carbocycles. The average Bonchev–Trinajstić information content (AvgIpc) is 2.41. The number of hydrogen-bond acceptors (Lipinski definition) is 7. The molecule has 0 aliphatic carbocycles. The molecule has 0 aliphatic rings. The third kappa shape index (κ3) is 6.60. The summed E-state index contributed by atoms with van der Waals surface area (Å²) in [6.07, 6.45) is 2.87. The van der Waals surface area contributed by atoms with Crippen LogP contribution in [0.4, 0.5) is 11.6 Å². The maximum Gasteiger partial charge on any atom is 0.191 e. The van der Waals surface area contributed by atoms with E-state index in [1.54, 1.807) is 6.07 Å². The highest BCUT2D eigenvalue weighted by Gasteiger charge is 2.02. The molecule has 0 atom stereocenters. The fraction of sp³-hybridized carbons (Fsp3) is 0.667. The fourth-order valence-electron chi connectivity index (χ4n) is 1.39. The highest BCUT2D eigenvalue weighted by molar-refractivity contribution is 7.98. The van der Waals surface area contributed by atoms with Crippen LogP contribution in [0.25, 0.3) is 0 Å². The van der Waals surface area contributed by atoms with Gasteiger partial charge < -0.3 is 15.5 Å². The molecule has 0 unspecified atom stereocenters. The Morgan fingerprint density at radius 3 is 2.74 bits per heavy atom. The molecule has 1 aromatic rings. The van der Waals surface area contributed by atoms with Crippen molar-refractivity contribution < 1.29 is 4.74 Å².